The highest BCUT2D eigenvalue weighted by atomic mass is 32.2. The first-order valence-corrected chi connectivity index (χ1v) is 17.7. The standard InChI is InChI=1S/C27H52O3SSi/c1-9-32(10-2,11-3)30-24-13-12-17-26(8)22(14-15-23(24)26)21(4)16-18-27(19-20-27)31(28,29)25(5,6)7/h21-24H,9-20H2,1-8H3/t21-,22-,23+,24+,26-/m1/s1. The number of hydrogen-bond acceptors (Lipinski definition) is 3. The van der Waals surface area contributed by atoms with Crippen LogP contribution in [0.25, 0.3) is 0 Å². The van der Waals surface area contributed by atoms with Crippen LogP contribution in [0.3, 0.4) is 0 Å². The maximum absolute atomic E-state index is 13.2. The Morgan fingerprint density at radius 1 is 1.00 bits per heavy atom. The molecule has 0 bridgehead atoms. The second kappa shape index (κ2) is 9.30. The van der Waals surface area contributed by atoms with Crippen LogP contribution in [0.4, 0.5) is 0 Å². The number of sulfone groups is 1. The maximum atomic E-state index is 13.2. The minimum absolute atomic E-state index is 0.372. The van der Waals surface area contributed by atoms with Crippen LogP contribution < -0.4 is 0 Å². The van der Waals surface area contributed by atoms with Gasteiger partial charge in [-0.25, -0.2) is 8.42 Å². The van der Waals surface area contributed by atoms with Crippen LogP contribution in [0.5, 0.6) is 0 Å². The fourth-order valence-corrected chi connectivity index (χ4v) is 12.9. The van der Waals surface area contributed by atoms with E-state index in [1.165, 1.54) is 50.2 Å². The molecule has 5 atom stereocenters. The van der Waals surface area contributed by atoms with Gasteiger partial charge in [0.15, 0.2) is 18.2 Å². The fraction of sp³-hybridized carbons (Fsp3) is 1.00. The summed E-state index contributed by atoms with van der Waals surface area (Å²) in [6, 6.07) is 3.72. The Balaban J connectivity index is 1.69. The van der Waals surface area contributed by atoms with Crippen molar-refractivity contribution in [3.63, 3.8) is 0 Å². The van der Waals surface area contributed by atoms with E-state index in [4.69, 9.17) is 4.43 Å². The van der Waals surface area contributed by atoms with Crippen LogP contribution in [0.2, 0.25) is 18.1 Å². The summed E-state index contributed by atoms with van der Waals surface area (Å²) in [5.74, 6) is 2.02. The highest BCUT2D eigenvalue weighted by Crippen LogP contribution is 2.60. The molecule has 32 heavy (non-hydrogen) atoms. The smallest absolute Gasteiger partial charge is 0.192 e. The molecule has 0 aromatic heterocycles. The van der Waals surface area contributed by atoms with Gasteiger partial charge in [0, 0.05) is 6.10 Å². The molecule has 0 aliphatic heterocycles. The van der Waals surface area contributed by atoms with Crippen molar-refractivity contribution >= 4 is 18.2 Å². The van der Waals surface area contributed by atoms with E-state index in [1.54, 1.807) is 0 Å². The van der Waals surface area contributed by atoms with Crippen molar-refractivity contribution in [1.29, 1.82) is 0 Å². The van der Waals surface area contributed by atoms with Gasteiger partial charge < -0.3 is 4.43 Å². The van der Waals surface area contributed by atoms with Gasteiger partial charge in [0.05, 0.1) is 9.49 Å². The molecule has 0 heterocycles. The van der Waals surface area contributed by atoms with E-state index < -0.39 is 27.6 Å². The van der Waals surface area contributed by atoms with E-state index in [0.29, 0.717) is 29.3 Å². The average Bonchev–Trinajstić information content (AvgIpc) is 3.45. The molecule has 0 unspecified atom stereocenters. The lowest BCUT2D eigenvalue weighted by atomic mass is 9.61. The van der Waals surface area contributed by atoms with E-state index in [-0.39, 0.29) is 0 Å². The van der Waals surface area contributed by atoms with Crippen LogP contribution in [-0.2, 0) is 14.3 Å². The van der Waals surface area contributed by atoms with Crippen molar-refractivity contribution in [2.24, 2.45) is 23.2 Å². The predicted molar refractivity (Wildman–Crippen MR) is 139 cm³/mol. The van der Waals surface area contributed by atoms with Gasteiger partial charge in [0.2, 0.25) is 0 Å². The second-order valence-electron chi connectivity index (χ2n) is 12.9. The lowest BCUT2D eigenvalue weighted by Gasteiger charge is -2.49. The molecule has 0 N–H and O–H groups in total. The molecule has 3 aliphatic carbocycles. The fourth-order valence-electron chi connectivity index (χ4n) is 7.69. The molecule has 0 amide bonds. The van der Waals surface area contributed by atoms with Crippen LogP contribution in [0.1, 0.15) is 113 Å². The van der Waals surface area contributed by atoms with Gasteiger partial charge in [-0.15, -0.1) is 0 Å². The van der Waals surface area contributed by atoms with E-state index in [0.717, 1.165) is 25.7 Å². The summed E-state index contributed by atoms with van der Waals surface area (Å²) in [5.41, 5.74) is 0.372. The largest absolute Gasteiger partial charge is 0.414 e. The molecule has 188 valence electrons. The van der Waals surface area contributed by atoms with Crippen LogP contribution in [0.15, 0.2) is 0 Å². The van der Waals surface area contributed by atoms with Gasteiger partial charge in [-0.3, -0.25) is 0 Å². The average molecular weight is 485 g/mol. The Morgan fingerprint density at radius 3 is 2.09 bits per heavy atom. The van der Waals surface area contributed by atoms with Crippen molar-refractivity contribution in [3.05, 3.63) is 0 Å². The Morgan fingerprint density at radius 2 is 1.59 bits per heavy atom. The van der Waals surface area contributed by atoms with E-state index in [1.807, 2.05) is 20.8 Å². The highest BCUT2D eigenvalue weighted by molar-refractivity contribution is 7.94. The van der Waals surface area contributed by atoms with Crippen LogP contribution >= 0.6 is 0 Å². The first-order valence-electron chi connectivity index (χ1n) is 13.7. The molecule has 5 heteroatoms. The maximum Gasteiger partial charge on any atom is 0.192 e. The quantitative estimate of drug-likeness (QED) is 0.298. The zero-order chi connectivity index (χ0) is 24.0. The molecule has 3 rings (SSSR count). The summed E-state index contributed by atoms with van der Waals surface area (Å²) in [6.45, 7) is 17.7. The number of hydrogen-bond donors (Lipinski definition) is 0. The normalized spacial score (nSPS) is 33.7. The molecule has 0 spiro atoms. The SMILES string of the molecule is CC[Si](CC)(CC)O[C@H]1CCC[C@]2(C)[C@@H]([C@H](C)CCC3(S(=O)(=O)C(C)(C)C)CC3)CC[C@@H]12. The number of fused-ring (bicyclic) bond motifs is 1. The van der Waals surface area contributed by atoms with Crippen molar-refractivity contribution in [3.8, 4) is 0 Å². The molecule has 3 nitrogen and oxygen atoms in total. The summed E-state index contributed by atoms with van der Waals surface area (Å²) in [6.07, 6.45) is 10.6. The van der Waals surface area contributed by atoms with E-state index >= 15 is 0 Å². The minimum Gasteiger partial charge on any atom is -0.414 e. The number of rotatable bonds is 10. The Kier molecular flexibility index (Phi) is 7.76. The third-order valence-electron chi connectivity index (χ3n) is 10.4. The van der Waals surface area contributed by atoms with E-state index in [2.05, 4.69) is 34.6 Å². The van der Waals surface area contributed by atoms with Gasteiger partial charge >= 0.3 is 0 Å². The molecule has 3 aliphatic rings. The molecule has 0 aromatic rings. The highest BCUT2D eigenvalue weighted by Gasteiger charge is 2.59. The van der Waals surface area contributed by atoms with E-state index in [9.17, 15) is 8.42 Å². The zero-order valence-corrected chi connectivity index (χ0v) is 24.2. The summed E-state index contributed by atoms with van der Waals surface area (Å²) >= 11 is 0. The molecule has 0 radical (unpaired) electrons. The molecular formula is C27H52O3SSi. The molecule has 3 fully saturated rings. The van der Waals surface area contributed by atoms with Gasteiger partial charge in [0.25, 0.3) is 0 Å². The van der Waals surface area contributed by atoms with Gasteiger partial charge in [0.1, 0.15) is 0 Å². The second-order valence-corrected chi connectivity index (χ2v) is 20.7. The zero-order valence-electron chi connectivity index (χ0n) is 22.4. The third kappa shape index (κ3) is 4.53. The summed E-state index contributed by atoms with van der Waals surface area (Å²) in [5, 5.41) is 0. The van der Waals surface area contributed by atoms with Crippen molar-refractivity contribution in [2.45, 2.75) is 147 Å². The lowest BCUT2D eigenvalue weighted by molar-refractivity contribution is -0.0203. The Bertz CT molecular complexity index is 739. The first-order chi connectivity index (χ1) is 14.8. The first kappa shape index (κ1) is 26.7. The van der Waals surface area contributed by atoms with Gasteiger partial charge in [-0.1, -0.05) is 41.0 Å². The molecule has 0 aromatic carbocycles. The Labute approximate surface area is 200 Å². The van der Waals surface area contributed by atoms with Crippen molar-refractivity contribution in [1.82, 2.24) is 0 Å². The van der Waals surface area contributed by atoms with Crippen molar-refractivity contribution in [2.75, 3.05) is 0 Å². The topological polar surface area (TPSA) is 43.4 Å². The molecular weight excluding hydrogens is 432 g/mol. The van der Waals surface area contributed by atoms with Gasteiger partial charge in [-0.05, 0) is 113 Å². The van der Waals surface area contributed by atoms with Gasteiger partial charge in [-0.2, -0.15) is 0 Å². The summed E-state index contributed by atoms with van der Waals surface area (Å²) in [7, 11) is -4.66. The summed E-state index contributed by atoms with van der Waals surface area (Å²) in [4.78, 5) is 0. The van der Waals surface area contributed by atoms with Crippen LogP contribution in [-0.4, -0.2) is 32.3 Å². The third-order valence-corrected chi connectivity index (χ3v) is 18.4. The van der Waals surface area contributed by atoms with Crippen molar-refractivity contribution < 1.29 is 12.8 Å². The Hall–Kier alpha value is 0.127. The lowest BCUT2D eigenvalue weighted by Crippen LogP contribution is -2.48. The predicted octanol–water partition coefficient (Wildman–Crippen LogP) is 7.76. The minimum atomic E-state index is -3.08. The van der Waals surface area contributed by atoms with Crippen LogP contribution in [0, 0.1) is 23.2 Å². The summed E-state index contributed by atoms with van der Waals surface area (Å²) < 4.78 is 32.5. The monoisotopic (exact) mass is 484 g/mol. The molecule has 3 saturated carbocycles. The molecule has 0 saturated heterocycles.